The zero-order chi connectivity index (χ0) is 24.8. The number of aromatic nitrogens is 2. The molecule has 1 aliphatic heterocycles. The number of amidine groups is 1. The summed E-state index contributed by atoms with van der Waals surface area (Å²) in [5.41, 5.74) is 3.87. The summed E-state index contributed by atoms with van der Waals surface area (Å²) < 4.78 is 28.3. The van der Waals surface area contributed by atoms with Crippen LogP contribution in [0, 0.1) is 11.2 Å². The SMILES string of the molecule is Br.CCOc1cc2c(c(F)c1OCC)C(=N)N(CC(=O)c1cc(C(C)(C)C)c3ncn(C)c3c1)C2. The Balaban J connectivity index is 0.00000342. The van der Waals surface area contributed by atoms with E-state index < -0.39 is 5.82 Å². The number of nitrogens with zero attached hydrogens (tertiary/aromatic N) is 3. The van der Waals surface area contributed by atoms with Crippen molar-refractivity contribution >= 4 is 39.6 Å². The third-order valence-corrected chi connectivity index (χ3v) is 6.07. The predicted octanol–water partition coefficient (Wildman–Crippen LogP) is 5.41. The number of Topliss-reactive ketones (excluding diaryl/α,β-unsaturated/α-hetero) is 1. The van der Waals surface area contributed by atoms with Gasteiger partial charge in [0, 0.05) is 19.2 Å². The highest BCUT2D eigenvalue weighted by atomic mass is 79.9. The van der Waals surface area contributed by atoms with E-state index in [0.717, 1.165) is 16.6 Å². The van der Waals surface area contributed by atoms with Crippen LogP contribution in [0.15, 0.2) is 24.5 Å². The van der Waals surface area contributed by atoms with Crippen molar-refractivity contribution in [1.82, 2.24) is 14.5 Å². The van der Waals surface area contributed by atoms with Crippen LogP contribution < -0.4 is 9.47 Å². The maximum absolute atomic E-state index is 15.3. The molecule has 0 aliphatic carbocycles. The molecule has 0 spiro atoms. The molecule has 2 aromatic carbocycles. The fourth-order valence-corrected chi connectivity index (χ4v) is 4.39. The first kappa shape index (κ1) is 26.7. The molecule has 1 N–H and O–H groups in total. The summed E-state index contributed by atoms with van der Waals surface area (Å²) in [6.07, 6.45) is 1.75. The number of carbonyl (C=O) groups excluding carboxylic acids is 1. The fraction of sp³-hybridized carbons (Fsp3) is 0.423. The van der Waals surface area contributed by atoms with Crippen LogP contribution in [0.1, 0.15) is 61.7 Å². The summed E-state index contributed by atoms with van der Waals surface area (Å²) in [5, 5.41) is 8.59. The molecule has 9 heteroatoms. The van der Waals surface area contributed by atoms with E-state index in [1.807, 2.05) is 30.7 Å². The van der Waals surface area contributed by atoms with Crippen molar-refractivity contribution in [2.45, 2.75) is 46.6 Å². The molecule has 0 fully saturated rings. The lowest BCUT2D eigenvalue weighted by Gasteiger charge is -2.22. The standard InChI is InChI=1S/C26H31FN4O3.BrH/c1-7-33-20-11-16-12-31(25(28)21(16)22(27)24(20)34-8-2)13-19(32)15-9-17(26(3,4)5)23-18(10-15)30(6)14-29-23;/h9-11,14,28H,7-8,12-13H2,1-6H3;1H. The zero-order valence-corrected chi connectivity index (χ0v) is 22.7. The number of imidazole rings is 1. The Hall–Kier alpha value is -2.94. The van der Waals surface area contributed by atoms with Gasteiger partial charge in [-0.25, -0.2) is 9.37 Å². The lowest BCUT2D eigenvalue weighted by Crippen LogP contribution is -2.30. The van der Waals surface area contributed by atoms with Crippen LogP contribution in [0.2, 0.25) is 0 Å². The second-order valence-corrected chi connectivity index (χ2v) is 9.54. The van der Waals surface area contributed by atoms with Crippen molar-refractivity contribution < 1.29 is 18.7 Å². The first-order valence-corrected chi connectivity index (χ1v) is 11.5. The number of carbonyl (C=O) groups is 1. The highest BCUT2D eigenvalue weighted by molar-refractivity contribution is 8.93. The third-order valence-electron chi connectivity index (χ3n) is 6.07. The predicted molar refractivity (Wildman–Crippen MR) is 140 cm³/mol. The lowest BCUT2D eigenvalue weighted by molar-refractivity contribution is 0.0962. The molecule has 188 valence electrons. The topological polar surface area (TPSA) is 80.4 Å². The smallest absolute Gasteiger partial charge is 0.197 e. The number of rotatable bonds is 7. The van der Waals surface area contributed by atoms with E-state index in [2.05, 4.69) is 25.8 Å². The fourth-order valence-electron chi connectivity index (χ4n) is 4.39. The van der Waals surface area contributed by atoms with Crippen LogP contribution in [0.25, 0.3) is 11.0 Å². The molecule has 35 heavy (non-hydrogen) atoms. The van der Waals surface area contributed by atoms with Gasteiger partial charge in [0.2, 0.25) is 0 Å². The van der Waals surface area contributed by atoms with E-state index in [9.17, 15) is 4.79 Å². The average Bonchev–Trinajstić information content (AvgIpc) is 3.29. The Morgan fingerprint density at radius 1 is 1.17 bits per heavy atom. The minimum Gasteiger partial charge on any atom is -0.490 e. The summed E-state index contributed by atoms with van der Waals surface area (Å²) in [4.78, 5) is 19.5. The van der Waals surface area contributed by atoms with Gasteiger partial charge in [-0.1, -0.05) is 20.8 Å². The number of ether oxygens (including phenoxy) is 2. The van der Waals surface area contributed by atoms with Gasteiger partial charge in [0.1, 0.15) is 5.84 Å². The normalized spacial score (nSPS) is 13.1. The quantitative estimate of drug-likeness (QED) is 0.401. The number of nitrogens with one attached hydrogen (secondary N) is 1. The van der Waals surface area contributed by atoms with Gasteiger partial charge in [0.25, 0.3) is 0 Å². The minimum absolute atomic E-state index is 0. The minimum atomic E-state index is -0.617. The molecule has 4 rings (SSSR count). The summed E-state index contributed by atoms with van der Waals surface area (Å²) >= 11 is 0. The molecular weight excluding hydrogens is 515 g/mol. The average molecular weight is 547 g/mol. The number of fused-ring (bicyclic) bond motifs is 2. The molecule has 1 aromatic heterocycles. The summed E-state index contributed by atoms with van der Waals surface area (Å²) in [6, 6.07) is 5.45. The zero-order valence-electron chi connectivity index (χ0n) is 21.0. The van der Waals surface area contributed by atoms with Crippen LogP contribution in [-0.2, 0) is 19.0 Å². The van der Waals surface area contributed by atoms with Crippen molar-refractivity contribution in [1.29, 1.82) is 5.41 Å². The first-order valence-electron chi connectivity index (χ1n) is 11.5. The molecule has 0 saturated heterocycles. The van der Waals surface area contributed by atoms with Crippen LogP contribution >= 0.6 is 17.0 Å². The second kappa shape index (κ2) is 9.97. The number of benzene rings is 2. The Morgan fingerprint density at radius 2 is 1.86 bits per heavy atom. The van der Waals surface area contributed by atoms with Gasteiger partial charge < -0.3 is 18.9 Å². The maximum Gasteiger partial charge on any atom is 0.197 e. The number of halogens is 2. The van der Waals surface area contributed by atoms with Crippen molar-refractivity contribution in [3.8, 4) is 11.5 Å². The van der Waals surface area contributed by atoms with Crippen molar-refractivity contribution in [2.24, 2.45) is 7.05 Å². The highest BCUT2D eigenvalue weighted by Gasteiger charge is 2.33. The third kappa shape index (κ3) is 4.78. The molecule has 0 unspecified atom stereocenters. The number of hydrogen-bond acceptors (Lipinski definition) is 5. The molecular formula is C26H32BrFN4O3. The van der Waals surface area contributed by atoms with Crippen LogP contribution in [0.5, 0.6) is 11.5 Å². The van der Waals surface area contributed by atoms with Crippen LogP contribution in [0.3, 0.4) is 0 Å². The van der Waals surface area contributed by atoms with Gasteiger partial charge in [-0.15, -0.1) is 17.0 Å². The van der Waals surface area contributed by atoms with Crippen LogP contribution in [-0.4, -0.2) is 45.8 Å². The Morgan fingerprint density at radius 3 is 2.49 bits per heavy atom. The highest BCUT2D eigenvalue weighted by Crippen LogP contribution is 2.39. The van der Waals surface area contributed by atoms with E-state index in [0.29, 0.717) is 23.5 Å². The van der Waals surface area contributed by atoms with Gasteiger partial charge in [0.15, 0.2) is 23.1 Å². The van der Waals surface area contributed by atoms with E-state index in [4.69, 9.17) is 14.9 Å². The second-order valence-electron chi connectivity index (χ2n) is 9.54. The van der Waals surface area contributed by atoms with E-state index in [-0.39, 0.29) is 65.0 Å². The summed E-state index contributed by atoms with van der Waals surface area (Å²) in [5.74, 6) is -0.450. The number of ketones is 1. The summed E-state index contributed by atoms with van der Waals surface area (Å²) in [7, 11) is 1.90. The molecule has 7 nitrogen and oxygen atoms in total. The van der Waals surface area contributed by atoms with Crippen molar-refractivity contribution in [2.75, 3.05) is 19.8 Å². The maximum atomic E-state index is 15.3. The molecule has 2 heterocycles. The Bertz CT molecular complexity index is 1300. The number of aryl methyl sites for hydroxylation is 1. The van der Waals surface area contributed by atoms with Crippen molar-refractivity contribution in [3.05, 3.63) is 52.6 Å². The molecule has 0 atom stereocenters. The van der Waals surface area contributed by atoms with Gasteiger partial charge in [-0.05, 0) is 48.6 Å². The molecule has 0 bridgehead atoms. The van der Waals surface area contributed by atoms with Gasteiger partial charge in [-0.3, -0.25) is 10.2 Å². The Kier molecular flexibility index (Phi) is 7.59. The van der Waals surface area contributed by atoms with Crippen LogP contribution in [0.4, 0.5) is 4.39 Å². The molecule has 1 aliphatic rings. The molecule has 0 saturated carbocycles. The largest absolute Gasteiger partial charge is 0.490 e. The van der Waals surface area contributed by atoms with E-state index in [1.165, 1.54) is 0 Å². The molecule has 0 radical (unpaired) electrons. The first-order chi connectivity index (χ1) is 16.1. The Labute approximate surface area is 215 Å². The van der Waals surface area contributed by atoms with E-state index in [1.54, 1.807) is 24.2 Å². The van der Waals surface area contributed by atoms with Gasteiger partial charge >= 0.3 is 0 Å². The van der Waals surface area contributed by atoms with Gasteiger partial charge in [-0.2, -0.15) is 0 Å². The number of hydrogen-bond donors (Lipinski definition) is 1. The van der Waals surface area contributed by atoms with E-state index >= 15 is 4.39 Å². The van der Waals surface area contributed by atoms with Gasteiger partial charge in [0.05, 0.1) is 42.7 Å². The summed E-state index contributed by atoms with van der Waals surface area (Å²) in [6.45, 7) is 10.7. The van der Waals surface area contributed by atoms with Crippen molar-refractivity contribution in [3.63, 3.8) is 0 Å². The molecule has 0 amide bonds. The molecule has 3 aromatic rings. The lowest BCUT2D eigenvalue weighted by atomic mass is 9.84. The monoisotopic (exact) mass is 546 g/mol.